The lowest BCUT2D eigenvalue weighted by molar-refractivity contribution is -0.0339. The lowest BCUT2D eigenvalue weighted by atomic mass is 9.85. The summed E-state index contributed by atoms with van der Waals surface area (Å²) in [6.45, 7) is 1.70. The Morgan fingerprint density at radius 1 is 1.29 bits per heavy atom. The van der Waals surface area contributed by atoms with Crippen molar-refractivity contribution in [3.05, 3.63) is 35.4 Å². The van der Waals surface area contributed by atoms with E-state index < -0.39 is 5.82 Å². The second-order valence-corrected chi connectivity index (χ2v) is 4.55. The second-order valence-electron chi connectivity index (χ2n) is 4.55. The maximum atomic E-state index is 13.6. The molecule has 1 aliphatic heterocycles. The Labute approximate surface area is 100.0 Å². The summed E-state index contributed by atoms with van der Waals surface area (Å²) in [7, 11) is 1.64. The minimum atomic E-state index is -0.401. The summed E-state index contributed by atoms with van der Waals surface area (Å²) in [6.07, 6.45) is 2.06. The molecule has 0 aromatic heterocycles. The van der Waals surface area contributed by atoms with Crippen molar-refractivity contribution < 1.29 is 13.5 Å². The fraction of sp³-hybridized carbons (Fsp3) is 0.538. The minimum absolute atomic E-state index is 0.360. The van der Waals surface area contributed by atoms with E-state index in [4.69, 9.17) is 4.74 Å². The van der Waals surface area contributed by atoms with Gasteiger partial charge in [0.1, 0.15) is 11.6 Å². The van der Waals surface area contributed by atoms with Gasteiger partial charge in [0.15, 0.2) is 0 Å². The zero-order valence-electron chi connectivity index (χ0n) is 9.93. The van der Waals surface area contributed by atoms with Crippen LogP contribution in [-0.4, -0.2) is 25.8 Å². The molecule has 0 aliphatic carbocycles. The highest BCUT2D eigenvalue weighted by atomic mass is 19.1. The fourth-order valence-corrected chi connectivity index (χ4v) is 2.36. The number of methoxy groups -OCH3 is 1. The maximum Gasteiger partial charge on any atom is 0.126 e. The molecule has 1 N–H and O–H groups in total. The molecule has 0 amide bonds. The van der Waals surface area contributed by atoms with Gasteiger partial charge in [-0.05, 0) is 49.7 Å². The third-order valence-corrected chi connectivity index (χ3v) is 3.47. The summed E-state index contributed by atoms with van der Waals surface area (Å²) in [5.74, 6) is -0.761. The summed E-state index contributed by atoms with van der Waals surface area (Å²) in [6, 6.07) is 3.58. The highest BCUT2D eigenvalue weighted by Gasteiger charge is 2.32. The molecule has 2 nitrogen and oxygen atoms in total. The van der Waals surface area contributed by atoms with Gasteiger partial charge in [-0.15, -0.1) is 0 Å². The highest BCUT2D eigenvalue weighted by Crippen LogP contribution is 2.28. The topological polar surface area (TPSA) is 21.3 Å². The Balaban J connectivity index is 2.20. The first-order chi connectivity index (χ1) is 8.15. The SMILES string of the molecule is COC1(Cc2cc(F)ccc2F)CCNCC1. The predicted octanol–water partition coefficient (Wildman–Crippen LogP) is 2.28. The van der Waals surface area contributed by atoms with E-state index in [1.54, 1.807) is 7.11 Å². The van der Waals surface area contributed by atoms with E-state index in [0.717, 1.165) is 32.0 Å². The normalized spacial score (nSPS) is 19.2. The minimum Gasteiger partial charge on any atom is -0.378 e. The number of ether oxygens (including phenoxy) is 1. The van der Waals surface area contributed by atoms with Crippen LogP contribution in [0.1, 0.15) is 18.4 Å². The number of hydrogen-bond donors (Lipinski definition) is 1. The molecular formula is C13H17F2NO. The molecule has 4 heteroatoms. The van der Waals surface area contributed by atoms with Crippen molar-refractivity contribution in [3.8, 4) is 0 Å². The van der Waals surface area contributed by atoms with Crippen molar-refractivity contribution in [1.29, 1.82) is 0 Å². The number of rotatable bonds is 3. The largest absolute Gasteiger partial charge is 0.378 e. The lowest BCUT2D eigenvalue weighted by Crippen LogP contribution is -2.45. The van der Waals surface area contributed by atoms with Gasteiger partial charge in [-0.2, -0.15) is 0 Å². The molecule has 0 unspecified atom stereocenters. The molecule has 17 heavy (non-hydrogen) atoms. The summed E-state index contributed by atoms with van der Waals surface area (Å²) in [5.41, 5.74) is 0.0358. The zero-order chi connectivity index (χ0) is 12.3. The zero-order valence-corrected chi connectivity index (χ0v) is 9.93. The van der Waals surface area contributed by atoms with Crippen LogP contribution < -0.4 is 5.32 Å². The van der Waals surface area contributed by atoms with Crippen molar-refractivity contribution in [3.63, 3.8) is 0 Å². The lowest BCUT2D eigenvalue weighted by Gasteiger charge is -2.36. The standard InChI is InChI=1S/C13H17F2NO/c1-17-13(4-6-16-7-5-13)9-10-8-11(14)2-3-12(10)15/h2-3,8,16H,4-7,9H2,1H3. The van der Waals surface area contributed by atoms with Gasteiger partial charge in [0.25, 0.3) is 0 Å². The molecule has 0 radical (unpaired) electrons. The van der Waals surface area contributed by atoms with E-state index in [0.29, 0.717) is 12.0 Å². The van der Waals surface area contributed by atoms with Gasteiger partial charge in [0.2, 0.25) is 0 Å². The number of halogens is 2. The van der Waals surface area contributed by atoms with Gasteiger partial charge in [-0.3, -0.25) is 0 Å². The Bertz CT molecular complexity index is 389. The fourth-order valence-electron chi connectivity index (χ4n) is 2.36. The summed E-state index contributed by atoms with van der Waals surface area (Å²) in [4.78, 5) is 0. The van der Waals surface area contributed by atoms with Crippen molar-refractivity contribution in [2.24, 2.45) is 0 Å². The Hall–Kier alpha value is -1.00. The van der Waals surface area contributed by atoms with Crippen LogP contribution in [0.25, 0.3) is 0 Å². The van der Waals surface area contributed by atoms with Crippen molar-refractivity contribution in [1.82, 2.24) is 5.32 Å². The molecule has 2 rings (SSSR count). The predicted molar refractivity (Wildman–Crippen MR) is 61.9 cm³/mol. The van der Waals surface area contributed by atoms with Crippen LogP contribution in [0.15, 0.2) is 18.2 Å². The number of nitrogens with one attached hydrogen (secondary N) is 1. The second kappa shape index (κ2) is 5.10. The monoisotopic (exact) mass is 241 g/mol. The van der Waals surface area contributed by atoms with Crippen molar-refractivity contribution in [2.75, 3.05) is 20.2 Å². The van der Waals surface area contributed by atoms with Crippen LogP contribution in [-0.2, 0) is 11.2 Å². The van der Waals surface area contributed by atoms with Gasteiger partial charge in [-0.25, -0.2) is 8.78 Å². The molecule has 1 aromatic carbocycles. The van der Waals surface area contributed by atoms with Crippen LogP contribution in [0.2, 0.25) is 0 Å². The van der Waals surface area contributed by atoms with E-state index >= 15 is 0 Å². The van der Waals surface area contributed by atoms with Gasteiger partial charge < -0.3 is 10.1 Å². The molecule has 94 valence electrons. The number of hydrogen-bond acceptors (Lipinski definition) is 2. The van der Waals surface area contributed by atoms with Crippen molar-refractivity contribution >= 4 is 0 Å². The molecule has 0 spiro atoms. The average Bonchev–Trinajstić information content (AvgIpc) is 2.35. The van der Waals surface area contributed by atoms with Crippen LogP contribution in [0.4, 0.5) is 8.78 Å². The Morgan fingerprint density at radius 3 is 2.65 bits per heavy atom. The van der Waals surface area contributed by atoms with E-state index in [9.17, 15) is 8.78 Å². The number of piperidine rings is 1. The van der Waals surface area contributed by atoms with Gasteiger partial charge in [0.05, 0.1) is 5.60 Å². The average molecular weight is 241 g/mol. The Kier molecular flexibility index (Phi) is 3.74. The Morgan fingerprint density at radius 2 is 2.00 bits per heavy atom. The molecule has 0 atom stereocenters. The first-order valence-electron chi connectivity index (χ1n) is 5.85. The van der Waals surface area contributed by atoms with Gasteiger partial charge in [0, 0.05) is 13.5 Å². The van der Waals surface area contributed by atoms with E-state index in [1.165, 1.54) is 12.1 Å². The van der Waals surface area contributed by atoms with E-state index in [-0.39, 0.29) is 11.4 Å². The molecule has 0 saturated carbocycles. The van der Waals surface area contributed by atoms with Crippen molar-refractivity contribution in [2.45, 2.75) is 24.9 Å². The third-order valence-electron chi connectivity index (χ3n) is 3.47. The number of benzene rings is 1. The first-order valence-corrected chi connectivity index (χ1v) is 5.85. The van der Waals surface area contributed by atoms with E-state index in [2.05, 4.69) is 5.32 Å². The smallest absolute Gasteiger partial charge is 0.126 e. The quantitative estimate of drug-likeness (QED) is 0.876. The summed E-state index contributed by atoms with van der Waals surface area (Å²) >= 11 is 0. The van der Waals surface area contributed by atoms with Gasteiger partial charge >= 0.3 is 0 Å². The molecule has 1 fully saturated rings. The molecule has 0 bridgehead atoms. The maximum absolute atomic E-state index is 13.6. The first kappa shape index (κ1) is 12.5. The molecule has 1 heterocycles. The summed E-state index contributed by atoms with van der Waals surface area (Å²) in [5, 5.41) is 3.24. The molecule has 1 aliphatic rings. The highest BCUT2D eigenvalue weighted by molar-refractivity contribution is 5.21. The van der Waals surface area contributed by atoms with E-state index in [1.807, 2.05) is 0 Å². The van der Waals surface area contributed by atoms with Crippen LogP contribution >= 0.6 is 0 Å². The molecular weight excluding hydrogens is 224 g/mol. The molecule has 1 saturated heterocycles. The van der Waals surface area contributed by atoms with Crippen LogP contribution in [0.3, 0.4) is 0 Å². The van der Waals surface area contributed by atoms with Crippen LogP contribution in [0, 0.1) is 11.6 Å². The third kappa shape index (κ3) is 2.82. The van der Waals surface area contributed by atoms with Gasteiger partial charge in [-0.1, -0.05) is 0 Å². The molecule has 1 aromatic rings. The summed E-state index contributed by atoms with van der Waals surface area (Å²) < 4.78 is 32.3. The van der Waals surface area contributed by atoms with Crippen LogP contribution in [0.5, 0.6) is 0 Å².